The van der Waals surface area contributed by atoms with Crippen molar-refractivity contribution in [3.63, 3.8) is 0 Å². The largest absolute Gasteiger partial charge is 0.477 e. The van der Waals surface area contributed by atoms with E-state index in [9.17, 15) is 9.90 Å². The Balaban J connectivity index is 1.88. The summed E-state index contributed by atoms with van der Waals surface area (Å²) < 4.78 is 3.69. The summed E-state index contributed by atoms with van der Waals surface area (Å²) >= 11 is 14.3. The van der Waals surface area contributed by atoms with E-state index in [1.807, 2.05) is 34.5 Å². The lowest BCUT2D eigenvalue weighted by molar-refractivity contribution is 0.0689. The normalized spacial score (nSPS) is 11.2. The number of hydrogen-bond acceptors (Lipinski definition) is 4. The van der Waals surface area contributed by atoms with Crippen LogP contribution in [0.25, 0.3) is 16.6 Å². The minimum Gasteiger partial charge on any atom is -0.477 e. The first kappa shape index (κ1) is 18.9. The first-order chi connectivity index (χ1) is 13.5. The summed E-state index contributed by atoms with van der Waals surface area (Å²) in [5, 5.41) is 16.0. The van der Waals surface area contributed by atoms with Gasteiger partial charge in [-0.25, -0.2) is 9.78 Å². The average molecular weight is 433 g/mol. The van der Waals surface area contributed by atoms with Crippen molar-refractivity contribution in [1.29, 1.82) is 0 Å². The summed E-state index contributed by atoms with van der Waals surface area (Å²) in [5.41, 5.74) is 1.64. The highest BCUT2D eigenvalue weighted by Gasteiger charge is 2.20. The molecule has 3 aromatic heterocycles. The van der Waals surface area contributed by atoms with E-state index in [0.29, 0.717) is 15.2 Å². The Bertz CT molecular complexity index is 1200. The Hall–Kier alpha value is -2.48. The first-order valence-corrected chi connectivity index (χ1v) is 9.95. The van der Waals surface area contributed by atoms with E-state index in [2.05, 4.69) is 10.1 Å². The van der Waals surface area contributed by atoms with Crippen LogP contribution < -0.4 is 0 Å². The van der Waals surface area contributed by atoms with Gasteiger partial charge in [-0.2, -0.15) is 5.10 Å². The molecule has 4 rings (SSSR count). The van der Waals surface area contributed by atoms with Gasteiger partial charge in [0.25, 0.3) is 0 Å². The Labute approximate surface area is 174 Å². The summed E-state index contributed by atoms with van der Waals surface area (Å²) in [6, 6.07) is 10.4. The molecule has 0 saturated carbocycles. The number of aromatic carboxylic acids is 1. The van der Waals surface area contributed by atoms with E-state index < -0.39 is 5.97 Å². The van der Waals surface area contributed by atoms with Crippen molar-refractivity contribution in [2.75, 3.05) is 0 Å². The second-order valence-electron chi connectivity index (χ2n) is 5.94. The number of aromatic nitrogens is 4. The molecule has 0 aliphatic rings. The van der Waals surface area contributed by atoms with Crippen molar-refractivity contribution in [1.82, 2.24) is 19.3 Å². The lowest BCUT2D eigenvalue weighted by Gasteiger charge is -2.04. The van der Waals surface area contributed by atoms with Gasteiger partial charge in [0, 0.05) is 23.2 Å². The summed E-state index contributed by atoms with van der Waals surface area (Å²) in [5.74, 6) is -1.07. The fraction of sp³-hybridized carbons (Fsp3) is 0.105. The molecule has 3 heterocycles. The minimum absolute atomic E-state index is 0.0165. The summed E-state index contributed by atoms with van der Waals surface area (Å²) in [6.07, 6.45) is 3.65. The van der Waals surface area contributed by atoms with Crippen LogP contribution in [-0.2, 0) is 6.54 Å². The van der Waals surface area contributed by atoms with Crippen molar-refractivity contribution in [3.05, 3.63) is 64.7 Å². The van der Waals surface area contributed by atoms with Crippen molar-refractivity contribution in [2.24, 2.45) is 0 Å². The first-order valence-electron chi connectivity index (χ1n) is 8.38. The van der Waals surface area contributed by atoms with Crippen LogP contribution in [0.4, 0.5) is 0 Å². The highest BCUT2D eigenvalue weighted by atomic mass is 35.5. The van der Waals surface area contributed by atoms with E-state index in [1.54, 1.807) is 24.4 Å². The summed E-state index contributed by atoms with van der Waals surface area (Å²) in [7, 11) is 0. The molecule has 0 radical (unpaired) electrons. The highest BCUT2D eigenvalue weighted by Crippen LogP contribution is 2.42. The predicted molar refractivity (Wildman–Crippen MR) is 110 cm³/mol. The Morgan fingerprint density at radius 1 is 1.25 bits per heavy atom. The number of hydrogen-bond donors (Lipinski definition) is 1. The van der Waals surface area contributed by atoms with Gasteiger partial charge >= 0.3 is 5.97 Å². The molecule has 28 heavy (non-hydrogen) atoms. The molecular weight excluding hydrogens is 419 g/mol. The molecule has 4 aromatic rings. The fourth-order valence-electron chi connectivity index (χ4n) is 2.89. The molecule has 0 saturated heterocycles. The van der Waals surface area contributed by atoms with Crippen LogP contribution in [0.5, 0.6) is 0 Å². The van der Waals surface area contributed by atoms with E-state index in [-0.39, 0.29) is 5.69 Å². The van der Waals surface area contributed by atoms with Gasteiger partial charge in [0.05, 0.1) is 22.3 Å². The van der Waals surface area contributed by atoms with Crippen LogP contribution in [0.15, 0.2) is 58.7 Å². The lowest BCUT2D eigenvalue weighted by atomic mass is 10.2. The van der Waals surface area contributed by atoms with Crippen LogP contribution in [0, 0.1) is 0 Å². The zero-order chi connectivity index (χ0) is 19.8. The van der Waals surface area contributed by atoms with Crippen molar-refractivity contribution in [3.8, 4) is 5.69 Å². The maximum absolute atomic E-state index is 11.2. The molecule has 0 fully saturated rings. The number of carboxylic acid groups (broad SMARTS) is 1. The van der Waals surface area contributed by atoms with E-state index in [1.165, 1.54) is 17.8 Å². The molecule has 0 atom stereocenters. The highest BCUT2D eigenvalue weighted by molar-refractivity contribution is 7.99. The van der Waals surface area contributed by atoms with Crippen LogP contribution in [-0.4, -0.2) is 30.4 Å². The number of pyridine rings is 1. The number of carboxylic acids is 1. The fourth-order valence-corrected chi connectivity index (χ4v) is 4.42. The molecule has 0 aliphatic heterocycles. The third-order valence-electron chi connectivity index (χ3n) is 4.18. The molecule has 0 amide bonds. The zero-order valence-corrected chi connectivity index (χ0v) is 17.0. The SMILES string of the molecule is CCn1cc(-n2c(Cl)c(Sc3cccc(C(=O)O)n3)c3ccc(Cl)cc32)cn1. The molecule has 1 aromatic carbocycles. The van der Waals surface area contributed by atoms with Crippen LogP contribution >= 0.6 is 35.0 Å². The maximum atomic E-state index is 11.2. The molecule has 142 valence electrons. The van der Waals surface area contributed by atoms with Gasteiger partial charge in [0.2, 0.25) is 0 Å². The molecule has 1 N–H and O–H groups in total. The monoisotopic (exact) mass is 432 g/mol. The second-order valence-corrected chi connectivity index (χ2v) is 7.76. The molecule has 6 nitrogen and oxygen atoms in total. The van der Waals surface area contributed by atoms with Gasteiger partial charge in [0.1, 0.15) is 15.9 Å². The zero-order valence-electron chi connectivity index (χ0n) is 14.6. The average Bonchev–Trinajstić information content (AvgIpc) is 3.25. The molecule has 0 bridgehead atoms. The van der Waals surface area contributed by atoms with Crippen LogP contribution in [0.1, 0.15) is 17.4 Å². The van der Waals surface area contributed by atoms with Crippen LogP contribution in [0.2, 0.25) is 10.2 Å². The van der Waals surface area contributed by atoms with E-state index >= 15 is 0 Å². The summed E-state index contributed by atoms with van der Waals surface area (Å²) in [6.45, 7) is 2.75. The minimum atomic E-state index is -1.07. The number of fused-ring (bicyclic) bond motifs is 1. The van der Waals surface area contributed by atoms with Crippen molar-refractivity contribution in [2.45, 2.75) is 23.4 Å². The van der Waals surface area contributed by atoms with Gasteiger partial charge < -0.3 is 5.11 Å². The second kappa shape index (κ2) is 7.50. The molecule has 9 heteroatoms. The number of halogens is 2. The standard InChI is InChI=1S/C19H14Cl2N4O2S/c1-2-24-10-12(9-22-24)25-15-8-11(20)6-7-13(15)17(18(25)21)28-16-5-3-4-14(23-16)19(26)27/h3-10H,2H2,1H3,(H,26,27). The Morgan fingerprint density at radius 2 is 2.07 bits per heavy atom. The number of aryl methyl sites for hydroxylation is 1. The smallest absolute Gasteiger partial charge is 0.354 e. The molecule has 0 spiro atoms. The third kappa shape index (κ3) is 3.37. The van der Waals surface area contributed by atoms with Gasteiger partial charge in [-0.05, 0) is 31.2 Å². The van der Waals surface area contributed by atoms with E-state index in [0.717, 1.165) is 28.0 Å². The predicted octanol–water partition coefficient (Wildman–Crippen LogP) is 5.40. The van der Waals surface area contributed by atoms with Gasteiger partial charge in [-0.3, -0.25) is 9.25 Å². The Morgan fingerprint density at radius 3 is 2.79 bits per heavy atom. The molecule has 0 unspecified atom stereocenters. The summed E-state index contributed by atoms with van der Waals surface area (Å²) in [4.78, 5) is 16.2. The van der Waals surface area contributed by atoms with Crippen LogP contribution in [0.3, 0.4) is 0 Å². The molecule has 0 aliphatic carbocycles. The van der Waals surface area contributed by atoms with Crippen molar-refractivity contribution < 1.29 is 9.90 Å². The number of carbonyl (C=O) groups is 1. The van der Waals surface area contributed by atoms with Gasteiger partial charge in [-0.1, -0.05) is 47.1 Å². The Kier molecular flexibility index (Phi) is 5.05. The number of benzene rings is 1. The number of nitrogens with zero attached hydrogens (tertiary/aromatic N) is 4. The molecular formula is C19H14Cl2N4O2S. The van der Waals surface area contributed by atoms with E-state index in [4.69, 9.17) is 23.2 Å². The van der Waals surface area contributed by atoms with Gasteiger partial charge in [-0.15, -0.1) is 0 Å². The lowest BCUT2D eigenvalue weighted by Crippen LogP contribution is -1.99. The third-order valence-corrected chi connectivity index (χ3v) is 5.94. The number of rotatable bonds is 5. The van der Waals surface area contributed by atoms with Crippen molar-refractivity contribution >= 4 is 51.8 Å². The topological polar surface area (TPSA) is 72.9 Å². The maximum Gasteiger partial charge on any atom is 0.354 e. The quantitative estimate of drug-likeness (QED) is 0.456. The van der Waals surface area contributed by atoms with Gasteiger partial charge in [0.15, 0.2) is 0 Å².